The van der Waals surface area contributed by atoms with Gasteiger partial charge in [-0.3, -0.25) is 4.99 Å². The van der Waals surface area contributed by atoms with Gasteiger partial charge in [-0.25, -0.2) is 0 Å². The minimum atomic E-state index is 0. The van der Waals surface area contributed by atoms with Crippen LogP contribution in [0.1, 0.15) is 43.2 Å². The lowest BCUT2D eigenvalue weighted by Gasteiger charge is -2.30. The SMILES string of the molecule is CN=C(NCc1ccc(C)cc1)NCC1(CCOC)CCCC1.I. The van der Waals surface area contributed by atoms with Gasteiger partial charge < -0.3 is 15.4 Å². The summed E-state index contributed by atoms with van der Waals surface area (Å²) in [7, 11) is 3.62. The third kappa shape index (κ3) is 6.59. The van der Waals surface area contributed by atoms with Crippen molar-refractivity contribution < 1.29 is 4.74 Å². The minimum absolute atomic E-state index is 0. The first-order valence-electron chi connectivity index (χ1n) is 8.66. The van der Waals surface area contributed by atoms with Gasteiger partial charge in [0.05, 0.1) is 0 Å². The largest absolute Gasteiger partial charge is 0.385 e. The van der Waals surface area contributed by atoms with E-state index in [2.05, 4.69) is 46.8 Å². The molecule has 0 atom stereocenters. The molecule has 2 rings (SSSR count). The van der Waals surface area contributed by atoms with Crippen molar-refractivity contribution in [2.45, 2.75) is 45.6 Å². The minimum Gasteiger partial charge on any atom is -0.385 e. The van der Waals surface area contributed by atoms with Crippen LogP contribution < -0.4 is 10.6 Å². The van der Waals surface area contributed by atoms with Crippen LogP contribution in [0.2, 0.25) is 0 Å². The number of nitrogens with one attached hydrogen (secondary N) is 2. The van der Waals surface area contributed by atoms with Gasteiger partial charge in [0.1, 0.15) is 0 Å². The zero-order valence-corrected chi connectivity index (χ0v) is 17.6. The van der Waals surface area contributed by atoms with Crippen molar-refractivity contribution in [3.8, 4) is 0 Å². The first kappa shape index (κ1) is 21.2. The van der Waals surface area contributed by atoms with Crippen LogP contribution >= 0.6 is 24.0 Å². The van der Waals surface area contributed by atoms with Gasteiger partial charge in [0.25, 0.3) is 0 Å². The zero-order chi connectivity index (χ0) is 16.5. The molecule has 1 fully saturated rings. The molecule has 1 aromatic carbocycles. The molecule has 1 saturated carbocycles. The van der Waals surface area contributed by atoms with Crippen LogP contribution in [0.15, 0.2) is 29.3 Å². The van der Waals surface area contributed by atoms with Gasteiger partial charge in [0, 0.05) is 33.9 Å². The molecule has 0 bridgehead atoms. The molecule has 0 heterocycles. The maximum Gasteiger partial charge on any atom is 0.191 e. The molecule has 0 spiro atoms. The number of aliphatic imine (C=N–C) groups is 1. The summed E-state index contributed by atoms with van der Waals surface area (Å²) in [6, 6.07) is 8.61. The summed E-state index contributed by atoms with van der Waals surface area (Å²) in [6.07, 6.45) is 6.38. The summed E-state index contributed by atoms with van der Waals surface area (Å²) < 4.78 is 5.30. The van der Waals surface area contributed by atoms with Gasteiger partial charge in [0.2, 0.25) is 0 Å². The molecular formula is C19H32IN3O. The lowest BCUT2D eigenvalue weighted by molar-refractivity contribution is 0.138. The fourth-order valence-electron chi connectivity index (χ4n) is 3.34. The monoisotopic (exact) mass is 445 g/mol. The van der Waals surface area contributed by atoms with Gasteiger partial charge in [-0.1, -0.05) is 42.7 Å². The second-order valence-electron chi connectivity index (χ2n) is 6.71. The Labute approximate surface area is 163 Å². The number of hydrogen-bond donors (Lipinski definition) is 2. The molecular weight excluding hydrogens is 413 g/mol. The van der Waals surface area contributed by atoms with Gasteiger partial charge in [0.15, 0.2) is 5.96 Å². The molecule has 5 heteroatoms. The van der Waals surface area contributed by atoms with Crippen LogP contribution in [-0.2, 0) is 11.3 Å². The van der Waals surface area contributed by atoms with E-state index in [4.69, 9.17) is 4.74 Å². The van der Waals surface area contributed by atoms with Crippen LogP contribution in [0.25, 0.3) is 0 Å². The van der Waals surface area contributed by atoms with Crippen LogP contribution in [-0.4, -0.2) is 33.3 Å². The Morgan fingerprint density at radius 1 is 1.17 bits per heavy atom. The lowest BCUT2D eigenvalue weighted by Crippen LogP contribution is -2.43. The van der Waals surface area contributed by atoms with Gasteiger partial charge in [-0.05, 0) is 37.2 Å². The highest BCUT2D eigenvalue weighted by molar-refractivity contribution is 14.0. The molecule has 0 amide bonds. The molecule has 1 aromatic rings. The molecule has 1 aliphatic rings. The highest BCUT2D eigenvalue weighted by Crippen LogP contribution is 2.40. The van der Waals surface area contributed by atoms with Crippen molar-refractivity contribution in [2.24, 2.45) is 10.4 Å². The molecule has 0 radical (unpaired) electrons. The number of hydrogen-bond acceptors (Lipinski definition) is 2. The summed E-state index contributed by atoms with van der Waals surface area (Å²) >= 11 is 0. The molecule has 0 aromatic heterocycles. The number of rotatable bonds is 7. The number of aryl methyl sites for hydroxylation is 1. The van der Waals surface area contributed by atoms with Crippen molar-refractivity contribution in [1.29, 1.82) is 0 Å². The van der Waals surface area contributed by atoms with Crippen LogP contribution in [0, 0.1) is 12.3 Å². The highest BCUT2D eigenvalue weighted by Gasteiger charge is 2.33. The first-order valence-corrected chi connectivity index (χ1v) is 8.66. The molecule has 2 N–H and O–H groups in total. The predicted molar refractivity (Wildman–Crippen MR) is 112 cm³/mol. The van der Waals surface area contributed by atoms with Crippen molar-refractivity contribution in [3.63, 3.8) is 0 Å². The molecule has 136 valence electrons. The number of halogens is 1. The maximum atomic E-state index is 5.30. The van der Waals surface area contributed by atoms with E-state index in [0.717, 1.165) is 32.1 Å². The Hall–Kier alpha value is -0.820. The van der Waals surface area contributed by atoms with E-state index in [-0.39, 0.29) is 24.0 Å². The quantitative estimate of drug-likeness (QED) is 0.381. The average molecular weight is 445 g/mol. The van der Waals surface area contributed by atoms with Crippen molar-refractivity contribution in [1.82, 2.24) is 10.6 Å². The average Bonchev–Trinajstić information content (AvgIpc) is 3.04. The summed E-state index contributed by atoms with van der Waals surface area (Å²) in [5, 5.41) is 6.94. The third-order valence-corrected chi connectivity index (χ3v) is 4.94. The Kier molecular flexibility index (Phi) is 9.66. The Balaban J connectivity index is 0.00000288. The normalized spacial score (nSPS) is 16.5. The number of benzene rings is 1. The second kappa shape index (κ2) is 10.9. The number of guanidine groups is 1. The predicted octanol–water partition coefficient (Wildman–Crippen LogP) is 3.87. The van der Waals surface area contributed by atoms with E-state index in [1.165, 1.54) is 36.8 Å². The maximum absolute atomic E-state index is 5.30. The first-order chi connectivity index (χ1) is 11.2. The third-order valence-electron chi connectivity index (χ3n) is 4.94. The number of methoxy groups -OCH3 is 1. The number of ether oxygens (including phenoxy) is 1. The molecule has 0 unspecified atom stereocenters. The van der Waals surface area contributed by atoms with Gasteiger partial charge in [-0.2, -0.15) is 0 Å². The van der Waals surface area contributed by atoms with Gasteiger partial charge >= 0.3 is 0 Å². The summed E-state index contributed by atoms with van der Waals surface area (Å²) in [6.45, 7) is 4.73. The molecule has 24 heavy (non-hydrogen) atoms. The summed E-state index contributed by atoms with van der Waals surface area (Å²) in [4.78, 5) is 4.36. The Morgan fingerprint density at radius 3 is 2.42 bits per heavy atom. The fourth-order valence-corrected chi connectivity index (χ4v) is 3.34. The van der Waals surface area contributed by atoms with Crippen LogP contribution in [0.5, 0.6) is 0 Å². The number of nitrogens with zero attached hydrogens (tertiary/aromatic N) is 1. The van der Waals surface area contributed by atoms with E-state index in [1.807, 2.05) is 7.05 Å². The Bertz CT molecular complexity index is 496. The van der Waals surface area contributed by atoms with E-state index in [0.29, 0.717) is 5.41 Å². The molecule has 4 nitrogen and oxygen atoms in total. The van der Waals surface area contributed by atoms with E-state index in [9.17, 15) is 0 Å². The van der Waals surface area contributed by atoms with Crippen molar-refractivity contribution in [3.05, 3.63) is 35.4 Å². The van der Waals surface area contributed by atoms with Crippen LogP contribution in [0.3, 0.4) is 0 Å². The fraction of sp³-hybridized carbons (Fsp3) is 0.632. The smallest absolute Gasteiger partial charge is 0.191 e. The van der Waals surface area contributed by atoms with E-state index in [1.54, 1.807) is 7.11 Å². The summed E-state index contributed by atoms with van der Waals surface area (Å²) in [5.74, 6) is 0.884. The molecule has 1 aliphatic carbocycles. The summed E-state index contributed by atoms with van der Waals surface area (Å²) in [5.41, 5.74) is 2.93. The van der Waals surface area contributed by atoms with E-state index < -0.39 is 0 Å². The topological polar surface area (TPSA) is 45.7 Å². The van der Waals surface area contributed by atoms with E-state index >= 15 is 0 Å². The zero-order valence-electron chi connectivity index (χ0n) is 15.2. The standard InChI is InChI=1S/C19H31N3O.HI/c1-16-6-8-17(9-7-16)14-21-18(20-2)22-15-19(12-13-23-3)10-4-5-11-19;/h6-9H,4-5,10-15H2,1-3H3,(H2,20,21,22);1H. The highest BCUT2D eigenvalue weighted by atomic mass is 127. The molecule has 0 aliphatic heterocycles. The lowest BCUT2D eigenvalue weighted by atomic mass is 9.83. The van der Waals surface area contributed by atoms with Crippen LogP contribution in [0.4, 0.5) is 0 Å². The molecule has 0 saturated heterocycles. The second-order valence-corrected chi connectivity index (χ2v) is 6.71. The van der Waals surface area contributed by atoms with Gasteiger partial charge in [-0.15, -0.1) is 24.0 Å². The van der Waals surface area contributed by atoms with Crippen molar-refractivity contribution in [2.75, 3.05) is 27.3 Å². The van der Waals surface area contributed by atoms with Crippen molar-refractivity contribution >= 4 is 29.9 Å². The Morgan fingerprint density at radius 2 is 1.83 bits per heavy atom.